The quantitative estimate of drug-likeness (QED) is 0.0868. The molecule has 0 aromatic heterocycles. The number of amides is 4. The Morgan fingerprint density at radius 3 is 2.03 bits per heavy atom. The lowest BCUT2D eigenvalue weighted by atomic mass is 10.1. The van der Waals surface area contributed by atoms with Crippen molar-refractivity contribution in [3.05, 3.63) is 0 Å². The lowest BCUT2D eigenvalue weighted by Gasteiger charge is -2.21. The number of carboxylic acid groups (broad SMARTS) is 1. The van der Waals surface area contributed by atoms with Gasteiger partial charge in [0.05, 0.1) is 12.6 Å². The minimum absolute atomic E-state index is 0.0985. The molecular weight excluding hydrogens is 448 g/mol. The maximum absolute atomic E-state index is 12.4. The molecule has 0 radical (unpaired) electrons. The summed E-state index contributed by atoms with van der Waals surface area (Å²) >= 11 is 7.78. The Kier molecular flexibility index (Phi) is 14.7. The Labute approximate surface area is 191 Å². The topological polar surface area (TPSA) is 206 Å². The fourth-order valence-electron chi connectivity index (χ4n) is 2.25. The van der Waals surface area contributed by atoms with E-state index in [2.05, 4.69) is 46.5 Å². The standard InChI is InChI=1S/C17H32N6O6S2/c1-9(14(25)23-12(8-31)17(28)29)21-13(24)6-20-16(27)11(4-2-3-5-18)22-15(26)10(19)7-30/h9-12,30-31H,2-8,18-19H2,1H3,(H,20,27)(H,21,24)(H,22,26)(H,23,25)(H,28,29)/t9-,10-,11-,12-/m0/s1. The number of carbonyl (C=O) groups excluding carboxylic acids is 4. The van der Waals surface area contributed by atoms with Crippen LogP contribution >= 0.6 is 25.3 Å². The molecule has 178 valence electrons. The number of rotatable bonds is 15. The van der Waals surface area contributed by atoms with Crippen LogP contribution in [0.1, 0.15) is 26.2 Å². The van der Waals surface area contributed by atoms with Gasteiger partial charge < -0.3 is 37.8 Å². The number of nitrogens with one attached hydrogen (secondary N) is 4. The lowest BCUT2D eigenvalue weighted by Crippen LogP contribution is -2.54. The molecule has 0 saturated carbocycles. The molecule has 0 fully saturated rings. The van der Waals surface area contributed by atoms with Gasteiger partial charge in [-0.15, -0.1) is 0 Å². The van der Waals surface area contributed by atoms with Crippen molar-refractivity contribution in [2.45, 2.75) is 50.4 Å². The first-order valence-electron chi connectivity index (χ1n) is 9.65. The Morgan fingerprint density at radius 2 is 1.52 bits per heavy atom. The van der Waals surface area contributed by atoms with Crippen molar-refractivity contribution in [1.29, 1.82) is 0 Å². The second-order valence-corrected chi connectivity index (χ2v) is 7.45. The number of thiol groups is 2. The highest BCUT2D eigenvalue weighted by Crippen LogP contribution is 2.02. The van der Waals surface area contributed by atoms with Crippen molar-refractivity contribution in [2.75, 3.05) is 24.6 Å². The van der Waals surface area contributed by atoms with Gasteiger partial charge in [-0.05, 0) is 32.7 Å². The van der Waals surface area contributed by atoms with Crippen LogP contribution in [0.5, 0.6) is 0 Å². The van der Waals surface area contributed by atoms with Gasteiger partial charge >= 0.3 is 5.97 Å². The summed E-state index contributed by atoms with van der Waals surface area (Å²) in [6.07, 6.45) is 1.52. The molecule has 0 bridgehead atoms. The summed E-state index contributed by atoms with van der Waals surface area (Å²) in [6.45, 7) is 1.34. The van der Waals surface area contributed by atoms with Gasteiger partial charge in [-0.3, -0.25) is 19.2 Å². The van der Waals surface area contributed by atoms with Crippen molar-refractivity contribution < 1.29 is 29.1 Å². The van der Waals surface area contributed by atoms with Crippen LogP contribution in [0.2, 0.25) is 0 Å². The molecule has 0 unspecified atom stereocenters. The minimum Gasteiger partial charge on any atom is -0.480 e. The highest BCUT2D eigenvalue weighted by molar-refractivity contribution is 7.80. The van der Waals surface area contributed by atoms with E-state index in [1.807, 2.05) is 0 Å². The molecule has 0 aliphatic rings. The van der Waals surface area contributed by atoms with Crippen molar-refractivity contribution in [3.63, 3.8) is 0 Å². The molecule has 31 heavy (non-hydrogen) atoms. The number of aliphatic carboxylic acids is 1. The molecule has 4 atom stereocenters. The number of carboxylic acids is 1. The second kappa shape index (κ2) is 15.7. The highest BCUT2D eigenvalue weighted by Gasteiger charge is 2.25. The minimum atomic E-state index is -1.26. The highest BCUT2D eigenvalue weighted by atomic mass is 32.1. The number of nitrogens with two attached hydrogens (primary N) is 2. The fraction of sp³-hybridized carbons (Fsp3) is 0.706. The summed E-state index contributed by atoms with van der Waals surface area (Å²) in [5.74, 6) is -3.80. The van der Waals surface area contributed by atoms with E-state index in [0.29, 0.717) is 25.8 Å². The van der Waals surface area contributed by atoms with E-state index in [4.69, 9.17) is 16.6 Å². The average molecular weight is 481 g/mol. The van der Waals surface area contributed by atoms with Crippen molar-refractivity contribution in [1.82, 2.24) is 21.3 Å². The zero-order valence-electron chi connectivity index (χ0n) is 17.3. The van der Waals surface area contributed by atoms with Gasteiger partial charge in [0.2, 0.25) is 23.6 Å². The van der Waals surface area contributed by atoms with Crippen LogP contribution < -0.4 is 32.7 Å². The Hall–Kier alpha value is -2.03. The molecule has 12 nitrogen and oxygen atoms in total. The van der Waals surface area contributed by atoms with Crippen molar-refractivity contribution in [2.24, 2.45) is 11.5 Å². The van der Waals surface area contributed by atoms with Gasteiger partial charge in [0.1, 0.15) is 18.1 Å². The Balaban J connectivity index is 4.72. The number of unbranched alkanes of at least 4 members (excludes halogenated alkanes) is 1. The average Bonchev–Trinajstić information content (AvgIpc) is 2.73. The third-order valence-corrected chi connectivity index (χ3v) is 4.86. The van der Waals surface area contributed by atoms with E-state index in [0.717, 1.165) is 0 Å². The zero-order valence-corrected chi connectivity index (χ0v) is 19.1. The van der Waals surface area contributed by atoms with Gasteiger partial charge in [-0.25, -0.2) is 4.79 Å². The third-order valence-electron chi connectivity index (χ3n) is 4.10. The molecule has 0 spiro atoms. The monoisotopic (exact) mass is 480 g/mol. The molecule has 0 aromatic rings. The van der Waals surface area contributed by atoms with Gasteiger partial charge in [0, 0.05) is 11.5 Å². The smallest absolute Gasteiger partial charge is 0.327 e. The van der Waals surface area contributed by atoms with Crippen molar-refractivity contribution >= 4 is 54.9 Å². The first kappa shape index (κ1) is 29.0. The molecule has 14 heteroatoms. The summed E-state index contributed by atoms with van der Waals surface area (Å²) in [7, 11) is 0. The summed E-state index contributed by atoms with van der Waals surface area (Å²) < 4.78 is 0. The summed E-state index contributed by atoms with van der Waals surface area (Å²) in [6, 6.07) is -4.04. The predicted molar refractivity (Wildman–Crippen MR) is 121 cm³/mol. The van der Waals surface area contributed by atoms with Crippen LogP contribution in [0.4, 0.5) is 0 Å². The fourth-order valence-corrected chi connectivity index (χ4v) is 2.67. The Bertz CT molecular complexity index is 638. The van der Waals surface area contributed by atoms with Crippen LogP contribution in [0.15, 0.2) is 0 Å². The molecule has 0 aliphatic heterocycles. The SMILES string of the molecule is C[C@H](NC(=O)CNC(=O)[C@H](CCCCN)NC(=O)[C@@H](N)CS)C(=O)N[C@@H](CS)C(=O)O. The maximum Gasteiger partial charge on any atom is 0.327 e. The van der Waals surface area contributed by atoms with Crippen LogP contribution in [0.3, 0.4) is 0 Å². The predicted octanol–water partition coefficient (Wildman–Crippen LogP) is -3.02. The maximum atomic E-state index is 12.4. The van der Waals surface area contributed by atoms with E-state index in [1.54, 1.807) is 0 Å². The molecule has 0 aromatic carbocycles. The molecule has 0 heterocycles. The summed E-state index contributed by atoms with van der Waals surface area (Å²) in [5, 5.41) is 18.4. The second-order valence-electron chi connectivity index (χ2n) is 6.72. The summed E-state index contributed by atoms with van der Waals surface area (Å²) in [5.41, 5.74) is 11.1. The number of hydrogen-bond donors (Lipinski definition) is 9. The number of carbonyl (C=O) groups is 5. The molecule has 4 amide bonds. The van der Waals surface area contributed by atoms with Gasteiger partial charge in [0.25, 0.3) is 0 Å². The zero-order chi connectivity index (χ0) is 24.0. The van der Waals surface area contributed by atoms with Crippen LogP contribution in [0.25, 0.3) is 0 Å². The van der Waals surface area contributed by atoms with E-state index < -0.39 is 60.3 Å². The van der Waals surface area contributed by atoms with E-state index >= 15 is 0 Å². The molecule has 0 rings (SSSR count). The van der Waals surface area contributed by atoms with Crippen molar-refractivity contribution in [3.8, 4) is 0 Å². The lowest BCUT2D eigenvalue weighted by molar-refractivity contribution is -0.141. The summed E-state index contributed by atoms with van der Waals surface area (Å²) in [4.78, 5) is 59.3. The first-order valence-corrected chi connectivity index (χ1v) is 10.9. The van der Waals surface area contributed by atoms with Crippen LogP contribution in [-0.4, -0.2) is 83.5 Å². The number of hydrogen-bond acceptors (Lipinski definition) is 9. The molecule has 0 aliphatic carbocycles. The normalized spacial score (nSPS) is 14.5. The molecule has 0 saturated heterocycles. The van der Waals surface area contributed by atoms with Gasteiger partial charge in [-0.2, -0.15) is 25.3 Å². The van der Waals surface area contributed by atoms with Crippen LogP contribution in [0, 0.1) is 0 Å². The Morgan fingerprint density at radius 1 is 0.903 bits per heavy atom. The molecular formula is C17H32N6O6S2. The van der Waals surface area contributed by atoms with Gasteiger partial charge in [-0.1, -0.05) is 0 Å². The van der Waals surface area contributed by atoms with Crippen LogP contribution in [-0.2, 0) is 24.0 Å². The third kappa shape index (κ3) is 11.8. The first-order chi connectivity index (χ1) is 14.6. The largest absolute Gasteiger partial charge is 0.480 e. The van der Waals surface area contributed by atoms with E-state index in [-0.39, 0.29) is 11.5 Å². The van der Waals surface area contributed by atoms with E-state index in [1.165, 1.54) is 6.92 Å². The molecule has 9 N–H and O–H groups in total. The van der Waals surface area contributed by atoms with E-state index in [9.17, 15) is 24.0 Å². The van der Waals surface area contributed by atoms with Gasteiger partial charge in [0.15, 0.2) is 0 Å².